The molecule has 0 bridgehead atoms. The van der Waals surface area contributed by atoms with E-state index in [1.165, 1.54) is 7.11 Å². The van der Waals surface area contributed by atoms with E-state index in [9.17, 15) is 14.4 Å². The molecule has 0 radical (unpaired) electrons. The van der Waals surface area contributed by atoms with Crippen LogP contribution in [0.1, 0.15) is 60.8 Å². The van der Waals surface area contributed by atoms with Gasteiger partial charge in [-0.1, -0.05) is 69.7 Å². The molecule has 11 nitrogen and oxygen atoms in total. The Kier molecular flexibility index (Phi) is 12.4. The highest BCUT2D eigenvalue weighted by Crippen LogP contribution is 2.35. The van der Waals surface area contributed by atoms with Crippen molar-refractivity contribution in [3.63, 3.8) is 0 Å². The van der Waals surface area contributed by atoms with Gasteiger partial charge >= 0.3 is 12.1 Å². The fraction of sp³-hybridized carbons (Fsp3) is 0.486. The van der Waals surface area contributed by atoms with E-state index in [-0.39, 0.29) is 18.4 Å². The summed E-state index contributed by atoms with van der Waals surface area (Å²) in [7, 11) is 2.94. The monoisotopic (exact) mass is 692 g/mol. The predicted octanol–water partition coefficient (Wildman–Crippen LogP) is 6.07. The molecular formula is C37H48N4O7S. The number of fused-ring (bicyclic) bond motifs is 1. The average molecular weight is 693 g/mol. The Morgan fingerprint density at radius 2 is 1.76 bits per heavy atom. The second-order valence-corrected chi connectivity index (χ2v) is 13.9. The van der Waals surface area contributed by atoms with Crippen molar-refractivity contribution in [3.05, 3.63) is 54.6 Å². The molecule has 2 heterocycles. The SMILES string of the molecule is CCCC(NC(=S)[C@@H]1C[C@@H](Oc2cc(-c3ccccc3)nc3cc(OC)ccc23)CN1C(=O)[C@@H](NC(=O)OC(C)(C)C)C(C)C)C(=O)OC. The largest absolute Gasteiger partial charge is 0.497 e. The summed E-state index contributed by atoms with van der Waals surface area (Å²) in [5.74, 6) is 0.216. The summed E-state index contributed by atoms with van der Waals surface area (Å²) in [5.41, 5.74) is 1.59. The first-order chi connectivity index (χ1) is 23.2. The smallest absolute Gasteiger partial charge is 0.408 e. The molecule has 4 rings (SSSR count). The average Bonchev–Trinajstić information content (AvgIpc) is 3.49. The van der Waals surface area contributed by atoms with Gasteiger partial charge < -0.3 is 34.5 Å². The second kappa shape index (κ2) is 16.3. The minimum Gasteiger partial charge on any atom is -0.497 e. The van der Waals surface area contributed by atoms with Gasteiger partial charge in [-0.15, -0.1) is 0 Å². The number of benzene rings is 2. The number of carbonyl (C=O) groups is 3. The Morgan fingerprint density at radius 3 is 2.37 bits per heavy atom. The Morgan fingerprint density at radius 1 is 1.04 bits per heavy atom. The van der Waals surface area contributed by atoms with Gasteiger partial charge in [0, 0.05) is 29.5 Å². The highest BCUT2D eigenvalue weighted by atomic mass is 32.1. The molecule has 1 aromatic heterocycles. The minimum absolute atomic E-state index is 0.182. The summed E-state index contributed by atoms with van der Waals surface area (Å²) >= 11 is 5.88. The molecule has 4 atom stereocenters. The van der Waals surface area contributed by atoms with Crippen molar-refractivity contribution in [1.82, 2.24) is 20.5 Å². The molecule has 2 aromatic carbocycles. The zero-order valence-corrected chi connectivity index (χ0v) is 30.4. The van der Waals surface area contributed by atoms with E-state index in [4.69, 9.17) is 36.1 Å². The summed E-state index contributed by atoms with van der Waals surface area (Å²) in [4.78, 5) is 46.6. The van der Waals surface area contributed by atoms with Crippen LogP contribution in [0.15, 0.2) is 54.6 Å². The molecule has 2 N–H and O–H groups in total. The number of nitrogens with zero attached hydrogens (tertiary/aromatic N) is 2. The van der Waals surface area contributed by atoms with E-state index in [1.54, 1.807) is 32.8 Å². The Balaban J connectivity index is 1.70. The zero-order chi connectivity index (χ0) is 35.9. The van der Waals surface area contributed by atoms with Gasteiger partial charge in [0.05, 0.1) is 43.0 Å². The Labute approximate surface area is 294 Å². The van der Waals surface area contributed by atoms with E-state index in [1.807, 2.05) is 75.4 Å². The van der Waals surface area contributed by atoms with Gasteiger partial charge in [-0.3, -0.25) is 4.79 Å². The molecule has 1 unspecified atom stereocenters. The fourth-order valence-electron chi connectivity index (χ4n) is 5.79. The normalized spacial score (nSPS) is 17.3. The van der Waals surface area contributed by atoms with E-state index in [2.05, 4.69) is 10.6 Å². The molecule has 49 heavy (non-hydrogen) atoms. The topological polar surface area (TPSA) is 128 Å². The standard InChI is InChI=1S/C37H48N4O7S/c1-9-13-27(35(43)46-8)39-33(49)30-19-25(21-41(30)34(42)32(22(2)3)40-36(44)48-37(4,5)6)47-31-20-28(23-14-11-10-12-15-23)38-29-18-24(45-7)16-17-26(29)31/h10-12,14-18,20,22,25,27,30,32H,9,13,19,21H2,1-8H3,(H,39,49)(H,40,44)/t25-,27?,30+,32+/m1/s1. The number of alkyl carbamates (subject to hydrolysis) is 1. The van der Waals surface area contributed by atoms with E-state index in [0.717, 1.165) is 16.6 Å². The molecule has 3 aromatic rings. The lowest BCUT2D eigenvalue weighted by atomic mass is 10.0. The van der Waals surface area contributed by atoms with Crippen molar-refractivity contribution >= 4 is 46.1 Å². The molecule has 0 saturated carbocycles. The third kappa shape index (κ3) is 9.59. The van der Waals surface area contributed by atoms with Crippen molar-refractivity contribution in [1.29, 1.82) is 0 Å². The maximum atomic E-state index is 14.3. The van der Waals surface area contributed by atoms with E-state index >= 15 is 0 Å². The quantitative estimate of drug-likeness (QED) is 0.171. The number of pyridine rings is 1. The molecule has 1 aliphatic heterocycles. The number of methoxy groups -OCH3 is 2. The number of ether oxygens (including phenoxy) is 4. The molecule has 0 spiro atoms. The van der Waals surface area contributed by atoms with Crippen LogP contribution in [0.2, 0.25) is 0 Å². The first-order valence-corrected chi connectivity index (χ1v) is 17.0. The number of aromatic nitrogens is 1. The summed E-state index contributed by atoms with van der Waals surface area (Å²) in [6.45, 7) is 11.1. The number of esters is 1. The van der Waals surface area contributed by atoms with Gasteiger partial charge in [0.1, 0.15) is 35.3 Å². The molecule has 1 aliphatic rings. The predicted molar refractivity (Wildman–Crippen MR) is 193 cm³/mol. The van der Waals surface area contributed by atoms with Gasteiger partial charge in [-0.2, -0.15) is 0 Å². The molecular weight excluding hydrogens is 644 g/mol. The lowest BCUT2D eigenvalue weighted by Crippen LogP contribution is -2.56. The van der Waals surface area contributed by atoms with Crippen LogP contribution >= 0.6 is 12.2 Å². The number of rotatable bonds is 12. The highest BCUT2D eigenvalue weighted by Gasteiger charge is 2.43. The second-order valence-electron chi connectivity index (χ2n) is 13.5. The van der Waals surface area contributed by atoms with Gasteiger partial charge in [0.15, 0.2) is 0 Å². The number of carbonyl (C=O) groups excluding carboxylic acids is 3. The van der Waals surface area contributed by atoms with Crippen LogP contribution in [0.3, 0.4) is 0 Å². The van der Waals surface area contributed by atoms with Crippen LogP contribution in [0.25, 0.3) is 22.2 Å². The van der Waals surface area contributed by atoms with Crippen molar-refractivity contribution in [2.45, 2.75) is 90.6 Å². The van der Waals surface area contributed by atoms with Crippen molar-refractivity contribution in [2.75, 3.05) is 20.8 Å². The minimum atomic E-state index is -0.898. The Bertz CT molecular complexity index is 1640. The first kappa shape index (κ1) is 37.4. The molecule has 1 saturated heterocycles. The first-order valence-electron chi connectivity index (χ1n) is 16.6. The van der Waals surface area contributed by atoms with Crippen molar-refractivity contribution < 1.29 is 33.3 Å². The maximum Gasteiger partial charge on any atom is 0.408 e. The zero-order valence-electron chi connectivity index (χ0n) is 29.6. The van der Waals surface area contributed by atoms with Crippen LogP contribution in [0, 0.1) is 5.92 Å². The molecule has 12 heteroatoms. The lowest BCUT2D eigenvalue weighted by Gasteiger charge is -2.32. The van der Waals surface area contributed by atoms with Crippen LogP contribution in [0.4, 0.5) is 4.79 Å². The van der Waals surface area contributed by atoms with Crippen LogP contribution < -0.4 is 20.1 Å². The van der Waals surface area contributed by atoms with Gasteiger partial charge in [-0.25, -0.2) is 14.6 Å². The van der Waals surface area contributed by atoms with E-state index < -0.39 is 41.9 Å². The van der Waals surface area contributed by atoms with E-state index in [0.29, 0.717) is 41.3 Å². The van der Waals surface area contributed by atoms with Crippen molar-refractivity contribution in [3.8, 4) is 22.8 Å². The number of amides is 2. The summed E-state index contributed by atoms with van der Waals surface area (Å²) in [6, 6.07) is 15.1. The highest BCUT2D eigenvalue weighted by molar-refractivity contribution is 7.80. The maximum absolute atomic E-state index is 14.3. The van der Waals surface area contributed by atoms with Crippen LogP contribution in [0.5, 0.6) is 11.5 Å². The van der Waals surface area contributed by atoms with Gasteiger partial charge in [0.2, 0.25) is 5.91 Å². The van der Waals surface area contributed by atoms with Crippen molar-refractivity contribution in [2.24, 2.45) is 5.92 Å². The molecule has 0 aliphatic carbocycles. The van der Waals surface area contributed by atoms with Crippen LogP contribution in [-0.2, 0) is 19.1 Å². The fourth-order valence-corrected chi connectivity index (χ4v) is 6.15. The molecule has 264 valence electrons. The molecule has 1 fully saturated rings. The molecule has 2 amide bonds. The van der Waals surface area contributed by atoms with Gasteiger partial charge in [-0.05, 0) is 45.2 Å². The third-order valence-corrected chi connectivity index (χ3v) is 8.57. The summed E-state index contributed by atoms with van der Waals surface area (Å²) in [6.07, 6.45) is 0.381. The number of hydrogen-bond acceptors (Lipinski definition) is 9. The number of hydrogen-bond donors (Lipinski definition) is 2. The lowest BCUT2D eigenvalue weighted by molar-refractivity contribution is -0.142. The number of thiocarbonyl (C=S) groups is 1. The summed E-state index contributed by atoms with van der Waals surface area (Å²) < 4.78 is 22.7. The van der Waals surface area contributed by atoms with Gasteiger partial charge in [0.25, 0.3) is 0 Å². The third-order valence-electron chi connectivity index (χ3n) is 8.18. The Hall–Kier alpha value is -4.45. The number of likely N-dealkylation sites (tertiary alicyclic amines) is 1. The summed E-state index contributed by atoms with van der Waals surface area (Å²) in [5, 5.41) is 6.72. The van der Waals surface area contributed by atoms with Crippen LogP contribution in [-0.4, -0.2) is 83.4 Å². The number of nitrogens with one attached hydrogen (secondary N) is 2.